The maximum absolute atomic E-state index is 11.6. The summed E-state index contributed by atoms with van der Waals surface area (Å²) in [4.78, 5) is 21.9. The van der Waals surface area contributed by atoms with Crippen LogP contribution in [0.15, 0.2) is 18.2 Å². The summed E-state index contributed by atoms with van der Waals surface area (Å²) >= 11 is 0. The molecule has 0 aliphatic carbocycles. The Balaban J connectivity index is 2.43. The van der Waals surface area contributed by atoms with Crippen LogP contribution in [0.4, 0.5) is 4.79 Å². The first-order chi connectivity index (χ1) is 10.1. The summed E-state index contributed by atoms with van der Waals surface area (Å²) in [5.74, 6) is 0.453. The van der Waals surface area contributed by atoms with E-state index in [9.17, 15) is 9.59 Å². The zero-order valence-corrected chi connectivity index (χ0v) is 12.1. The van der Waals surface area contributed by atoms with Crippen LogP contribution < -0.4 is 20.1 Å². The van der Waals surface area contributed by atoms with E-state index in [1.807, 2.05) is 0 Å². The number of ether oxygens (including phenoxy) is 2. The molecule has 0 aromatic heterocycles. The van der Waals surface area contributed by atoms with Gasteiger partial charge < -0.3 is 25.2 Å². The van der Waals surface area contributed by atoms with Gasteiger partial charge in [0, 0.05) is 25.1 Å². The molecule has 0 unspecified atom stereocenters. The maximum atomic E-state index is 11.6. The molecule has 0 bridgehead atoms. The standard InChI is InChI=1S/C14H20N2O5/c1-20-11-5-6-12(21-2)10(8-11)9-16-14(19)15-7-3-4-13(17)18/h5-6,8H,3-4,7,9H2,1-2H3,(H,17,18)(H2,15,16,19). The van der Waals surface area contributed by atoms with Crippen molar-refractivity contribution in [2.24, 2.45) is 0 Å². The van der Waals surface area contributed by atoms with E-state index >= 15 is 0 Å². The molecule has 0 saturated heterocycles. The number of rotatable bonds is 8. The lowest BCUT2D eigenvalue weighted by Crippen LogP contribution is -2.35. The van der Waals surface area contributed by atoms with Crippen LogP contribution in [0.5, 0.6) is 11.5 Å². The Morgan fingerprint density at radius 3 is 2.57 bits per heavy atom. The van der Waals surface area contributed by atoms with Crippen LogP contribution in [0.25, 0.3) is 0 Å². The van der Waals surface area contributed by atoms with Crippen molar-refractivity contribution in [3.63, 3.8) is 0 Å². The molecule has 1 aromatic rings. The number of nitrogens with one attached hydrogen (secondary N) is 2. The highest BCUT2D eigenvalue weighted by Crippen LogP contribution is 2.23. The molecule has 3 N–H and O–H groups in total. The molecule has 21 heavy (non-hydrogen) atoms. The first-order valence-corrected chi connectivity index (χ1v) is 6.51. The number of benzene rings is 1. The van der Waals surface area contributed by atoms with E-state index in [1.54, 1.807) is 32.4 Å². The smallest absolute Gasteiger partial charge is 0.315 e. The SMILES string of the molecule is COc1ccc(OC)c(CNC(=O)NCCCC(=O)O)c1. The van der Waals surface area contributed by atoms with Crippen molar-refractivity contribution >= 4 is 12.0 Å². The second-order valence-electron chi connectivity index (χ2n) is 4.28. The number of carboxylic acid groups (broad SMARTS) is 1. The Labute approximate surface area is 123 Å². The van der Waals surface area contributed by atoms with Gasteiger partial charge in [0.1, 0.15) is 11.5 Å². The van der Waals surface area contributed by atoms with E-state index < -0.39 is 5.97 Å². The molecule has 0 aliphatic heterocycles. The predicted octanol–water partition coefficient (Wildman–Crippen LogP) is 1.37. The molecule has 0 radical (unpaired) electrons. The number of carbonyl (C=O) groups is 2. The lowest BCUT2D eigenvalue weighted by molar-refractivity contribution is -0.137. The van der Waals surface area contributed by atoms with Gasteiger partial charge in [0.2, 0.25) is 0 Å². The third kappa shape index (κ3) is 6.03. The number of hydrogen-bond acceptors (Lipinski definition) is 4. The summed E-state index contributed by atoms with van der Waals surface area (Å²) in [7, 11) is 3.12. The molecule has 0 heterocycles. The minimum Gasteiger partial charge on any atom is -0.497 e. The molecule has 7 heteroatoms. The van der Waals surface area contributed by atoms with E-state index in [0.717, 1.165) is 5.56 Å². The highest BCUT2D eigenvalue weighted by molar-refractivity contribution is 5.74. The summed E-state index contributed by atoms with van der Waals surface area (Å²) in [5.41, 5.74) is 0.789. The molecule has 0 saturated carbocycles. The minimum absolute atomic E-state index is 0.0317. The summed E-state index contributed by atoms with van der Waals surface area (Å²) in [6, 6.07) is 4.96. The molecule has 2 amide bonds. The van der Waals surface area contributed by atoms with Crippen molar-refractivity contribution in [3.8, 4) is 11.5 Å². The molecule has 0 spiro atoms. The van der Waals surface area contributed by atoms with E-state index in [1.165, 1.54) is 0 Å². The molecular formula is C14H20N2O5. The van der Waals surface area contributed by atoms with Gasteiger partial charge in [-0.3, -0.25) is 4.79 Å². The maximum Gasteiger partial charge on any atom is 0.315 e. The number of hydrogen-bond donors (Lipinski definition) is 3. The third-order valence-corrected chi connectivity index (χ3v) is 2.78. The van der Waals surface area contributed by atoms with Crippen LogP contribution in [-0.4, -0.2) is 37.9 Å². The summed E-state index contributed by atoms with van der Waals surface area (Å²) in [6.45, 7) is 0.596. The van der Waals surface area contributed by atoms with Gasteiger partial charge in [-0.25, -0.2) is 4.79 Å². The number of carboxylic acids is 1. The highest BCUT2D eigenvalue weighted by Gasteiger charge is 2.07. The van der Waals surface area contributed by atoms with E-state index in [-0.39, 0.29) is 19.0 Å². The first kappa shape index (κ1) is 16.6. The zero-order valence-electron chi connectivity index (χ0n) is 12.1. The fourth-order valence-electron chi connectivity index (χ4n) is 1.70. The van der Waals surface area contributed by atoms with Gasteiger partial charge >= 0.3 is 12.0 Å². The zero-order chi connectivity index (χ0) is 15.7. The third-order valence-electron chi connectivity index (χ3n) is 2.78. The molecule has 0 fully saturated rings. The van der Waals surface area contributed by atoms with Crippen molar-refractivity contribution in [1.82, 2.24) is 10.6 Å². The summed E-state index contributed by atoms with van der Waals surface area (Å²) in [5, 5.41) is 13.8. The predicted molar refractivity (Wildman–Crippen MR) is 76.7 cm³/mol. The van der Waals surface area contributed by atoms with Gasteiger partial charge in [0.05, 0.1) is 14.2 Å². The first-order valence-electron chi connectivity index (χ1n) is 6.51. The van der Waals surface area contributed by atoms with Crippen LogP contribution >= 0.6 is 0 Å². The largest absolute Gasteiger partial charge is 0.497 e. The Morgan fingerprint density at radius 1 is 1.19 bits per heavy atom. The fraction of sp³-hybridized carbons (Fsp3) is 0.429. The fourth-order valence-corrected chi connectivity index (χ4v) is 1.70. The molecule has 7 nitrogen and oxygen atoms in total. The van der Waals surface area contributed by atoms with Gasteiger partial charge in [0.25, 0.3) is 0 Å². The van der Waals surface area contributed by atoms with Gasteiger partial charge in [-0.2, -0.15) is 0 Å². The average molecular weight is 296 g/mol. The number of methoxy groups -OCH3 is 2. The van der Waals surface area contributed by atoms with Gasteiger partial charge in [-0.1, -0.05) is 0 Å². The van der Waals surface area contributed by atoms with Gasteiger partial charge in [-0.05, 0) is 24.6 Å². The van der Waals surface area contributed by atoms with E-state index in [4.69, 9.17) is 14.6 Å². The van der Waals surface area contributed by atoms with Crippen LogP contribution in [0.3, 0.4) is 0 Å². The second-order valence-corrected chi connectivity index (χ2v) is 4.28. The Bertz CT molecular complexity index is 490. The number of urea groups is 1. The monoisotopic (exact) mass is 296 g/mol. The van der Waals surface area contributed by atoms with Gasteiger partial charge in [-0.15, -0.1) is 0 Å². The quantitative estimate of drug-likeness (QED) is 0.629. The lowest BCUT2D eigenvalue weighted by Gasteiger charge is -2.12. The average Bonchev–Trinajstić information content (AvgIpc) is 2.48. The Kier molecular flexibility index (Phi) is 6.86. The molecule has 1 rings (SSSR count). The molecule has 0 atom stereocenters. The lowest BCUT2D eigenvalue weighted by atomic mass is 10.2. The molecule has 0 aliphatic rings. The van der Waals surface area contributed by atoms with Crippen LogP contribution in [0.1, 0.15) is 18.4 Å². The van der Waals surface area contributed by atoms with E-state index in [2.05, 4.69) is 10.6 Å². The number of carbonyl (C=O) groups excluding carboxylic acids is 1. The summed E-state index contributed by atoms with van der Waals surface area (Å²) < 4.78 is 10.3. The molecule has 116 valence electrons. The van der Waals surface area contributed by atoms with E-state index in [0.29, 0.717) is 24.5 Å². The number of amides is 2. The minimum atomic E-state index is -0.877. The molecular weight excluding hydrogens is 276 g/mol. The van der Waals surface area contributed by atoms with Crippen molar-refractivity contribution in [2.45, 2.75) is 19.4 Å². The van der Waals surface area contributed by atoms with Crippen LogP contribution in [-0.2, 0) is 11.3 Å². The second kappa shape index (κ2) is 8.68. The topological polar surface area (TPSA) is 96.9 Å². The van der Waals surface area contributed by atoms with Crippen LogP contribution in [0.2, 0.25) is 0 Å². The Hall–Kier alpha value is -2.44. The van der Waals surface area contributed by atoms with Crippen molar-refractivity contribution in [3.05, 3.63) is 23.8 Å². The number of aliphatic carboxylic acids is 1. The van der Waals surface area contributed by atoms with Crippen molar-refractivity contribution in [2.75, 3.05) is 20.8 Å². The highest BCUT2D eigenvalue weighted by atomic mass is 16.5. The van der Waals surface area contributed by atoms with Crippen molar-refractivity contribution < 1.29 is 24.2 Å². The molecule has 1 aromatic carbocycles. The summed E-state index contributed by atoms with van der Waals surface area (Å²) in [6.07, 6.45) is 0.426. The van der Waals surface area contributed by atoms with Crippen molar-refractivity contribution in [1.29, 1.82) is 0 Å². The van der Waals surface area contributed by atoms with Gasteiger partial charge in [0.15, 0.2) is 0 Å². The normalized spacial score (nSPS) is 9.81. The Morgan fingerprint density at radius 2 is 1.95 bits per heavy atom. The van der Waals surface area contributed by atoms with Crippen LogP contribution in [0, 0.1) is 0 Å².